The van der Waals surface area contributed by atoms with E-state index in [2.05, 4.69) is 41.4 Å². The van der Waals surface area contributed by atoms with Crippen molar-refractivity contribution in [2.75, 3.05) is 24.5 Å². The van der Waals surface area contributed by atoms with Gasteiger partial charge in [0.1, 0.15) is 0 Å². The van der Waals surface area contributed by atoms with E-state index in [-0.39, 0.29) is 0 Å². The standard InChI is InChI=1S/C15H21N3S/c1-2-16-11-12-7-5-6-10-18(12)15-17-13-8-3-4-9-14(13)19-15/h3-4,8-9,12,16H,2,5-7,10-11H2,1H3. The lowest BCUT2D eigenvalue weighted by Crippen LogP contribution is -2.45. The third-order valence-corrected chi connectivity index (χ3v) is 4.86. The van der Waals surface area contributed by atoms with Crippen molar-refractivity contribution in [1.29, 1.82) is 0 Å². The number of thiazole rings is 1. The molecule has 3 nitrogen and oxygen atoms in total. The fourth-order valence-electron chi connectivity index (χ4n) is 2.76. The summed E-state index contributed by atoms with van der Waals surface area (Å²) in [5, 5.41) is 4.68. The Labute approximate surface area is 118 Å². The number of anilines is 1. The number of piperidine rings is 1. The molecular weight excluding hydrogens is 254 g/mol. The Balaban J connectivity index is 1.84. The van der Waals surface area contributed by atoms with Crippen molar-refractivity contribution in [3.63, 3.8) is 0 Å². The minimum atomic E-state index is 0.606. The van der Waals surface area contributed by atoms with Crippen LogP contribution in [0.15, 0.2) is 24.3 Å². The predicted molar refractivity (Wildman–Crippen MR) is 83.1 cm³/mol. The van der Waals surface area contributed by atoms with E-state index in [0.717, 1.165) is 25.2 Å². The molecule has 0 saturated carbocycles. The maximum Gasteiger partial charge on any atom is 0.186 e. The molecule has 0 radical (unpaired) electrons. The number of hydrogen-bond donors (Lipinski definition) is 1. The second kappa shape index (κ2) is 5.88. The van der Waals surface area contributed by atoms with Gasteiger partial charge in [-0.05, 0) is 37.9 Å². The lowest BCUT2D eigenvalue weighted by molar-refractivity contribution is 0.439. The lowest BCUT2D eigenvalue weighted by atomic mass is 10.0. The fraction of sp³-hybridized carbons (Fsp3) is 0.533. The predicted octanol–water partition coefficient (Wildman–Crippen LogP) is 3.26. The average molecular weight is 275 g/mol. The van der Waals surface area contributed by atoms with Crippen molar-refractivity contribution in [3.8, 4) is 0 Å². The summed E-state index contributed by atoms with van der Waals surface area (Å²) in [5.74, 6) is 0. The Hall–Kier alpha value is -1.13. The molecule has 1 fully saturated rings. The molecule has 1 aromatic carbocycles. The highest BCUT2D eigenvalue weighted by molar-refractivity contribution is 7.22. The first kappa shape index (κ1) is 12.9. The van der Waals surface area contributed by atoms with E-state index in [1.54, 1.807) is 0 Å². The van der Waals surface area contributed by atoms with Crippen LogP contribution in [0.1, 0.15) is 26.2 Å². The number of rotatable bonds is 4. The maximum atomic E-state index is 4.81. The Morgan fingerprint density at radius 3 is 3.11 bits per heavy atom. The summed E-state index contributed by atoms with van der Waals surface area (Å²) in [5.41, 5.74) is 1.13. The van der Waals surface area contributed by atoms with Crippen LogP contribution in [0.3, 0.4) is 0 Å². The van der Waals surface area contributed by atoms with Crippen LogP contribution in [0.4, 0.5) is 5.13 Å². The van der Waals surface area contributed by atoms with Crippen LogP contribution >= 0.6 is 11.3 Å². The van der Waals surface area contributed by atoms with Gasteiger partial charge in [-0.15, -0.1) is 0 Å². The summed E-state index contributed by atoms with van der Waals surface area (Å²) in [7, 11) is 0. The minimum absolute atomic E-state index is 0.606. The number of nitrogens with zero attached hydrogens (tertiary/aromatic N) is 2. The van der Waals surface area contributed by atoms with Crippen LogP contribution in [0.5, 0.6) is 0 Å². The molecule has 1 unspecified atom stereocenters. The minimum Gasteiger partial charge on any atom is -0.344 e. The van der Waals surface area contributed by atoms with E-state index in [1.165, 1.54) is 29.1 Å². The summed E-state index contributed by atoms with van der Waals surface area (Å²) >= 11 is 1.83. The van der Waals surface area contributed by atoms with E-state index in [0.29, 0.717) is 6.04 Å². The Bertz CT molecular complexity index is 504. The van der Waals surface area contributed by atoms with Gasteiger partial charge in [0.15, 0.2) is 5.13 Å². The van der Waals surface area contributed by atoms with Gasteiger partial charge in [0.05, 0.1) is 10.2 Å². The van der Waals surface area contributed by atoms with Crippen molar-refractivity contribution in [3.05, 3.63) is 24.3 Å². The number of nitrogens with one attached hydrogen (secondary N) is 1. The van der Waals surface area contributed by atoms with Gasteiger partial charge >= 0.3 is 0 Å². The highest BCUT2D eigenvalue weighted by Crippen LogP contribution is 2.32. The molecule has 0 spiro atoms. The molecule has 2 aromatic rings. The fourth-order valence-corrected chi connectivity index (χ4v) is 3.82. The van der Waals surface area contributed by atoms with Crippen LogP contribution < -0.4 is 10.2 Å². The van der Waals surface area contributed by atoms with Crippen LogP contribution in [0.25, 0.3) is 10.2 Å². The summed E-state index contributed by atoms with van der Waals surface area (Å²) < 4.78 is 1.30. The van der Waals surface area contributed by atoms with Crippen molar-refractivity contribution in [2.45, 2.75) is 32.2 Å². The van der Waals surface area contributed by atoms with Gasteiger partial charge in [-0.1, -0.05) is 30.4 Å². The van der Waals surface area contributed by atoms with Crippen LogP contribution in [0, 0.1) is 0 Å². The topological polar surface area (TPSA) is 28.2 Å². The summed E-state index contributed by atoms with van der Waals surface area (Å²) in [4.78, 5) is 7.32. The third-order valence-electron chi connectivity index (χ3n) is 3.79. The summed E-state index contributed by atoms with van der Waals surface area (Å²) in [6.45, 7) is 5.44. The molecule has 19 heavy (non-hydrogen) atoms. The number of likely N-dealkylation sites (N-methyl/N-ethyl adjacent to an activating group) is 1. The molecule has 0 aliphatic carbocycles. The van der Waals surface area contributed by atoms with Crippen molar-refractivity contribution in [1.82, 2.24) is 10.3 Å². The molecule has 0 amide bonds. The SMILES string of the molecule is CCNCC1CCCCN1c1nc2ccccc2s1. The summed E-state index contributed by atoms with van der Waals surface area (Å²) in [6, 6.07) is 9.04. The number of hydrogen-bond acceptors (Lipinski definition) is 4. The van der Waals surface area contributed by atoms with E-state index in [1.807, 2.05) is 11.3 Å². The van der Waals surface area contributed by atoms with Gasteiger partial charge < -0.3 is 10.2 Å². The average Bonchev–Trinajstić information content (AvgIpc) is 2.89. The first-order valence-corrected chi connectivity index (χ1v) is 8.03. The van der Waals surface area contributed by atoms with Crippen LogP contribution in [-0.2, 0) is 0 Å². The molecule has 1 atom stereocenters. The molecule has 1 saturated heterocycles. The molecule has 1 aliphatic heterocycles. The normalized spacial score (nSPS) is 20.1. The molecule has 1 aliphatic rings. The molecule has 1 aromatic heterocycles. The number of fused-ring (bicyclic) bond motifs is 1. The molecule has 2 heterocycles. The van der Waals surface area contributed by atoms with E-state index in [4.69, 9.17) is 4.98 Å². The highest BCUT2D eigenvalue weighted by Gasteiger charge is 2.24. The second-order valence-corrected chi connectivity index (χ2v) is 6.12. The van der Waals surface area contributed by atoms with Crippen molar-refractivity contribution in [2.24, 2.45) is 0 Å². The molecule has 3 rings (SSSR count). The van der Waals surface area contributed by atoms with Gasteiger partial charge in [0, 0.05) is 19.1 Å². The zero-order valence-electron chi connectivity index (χ0n) is 11.4. The smallest absolute Gasteiger partial charge is 0.186 e. The van der Waals surface area contributed by atoms with Crippen molar-refractivity contribution < 1.29 is 0 Å². The monoisotopic (exact) mass is 275 g/mol. The molecule has 0 bridgehead atoms. The molecular formula is C15H21N3S. The van der Waals surface area contributed by atoms with Gasteiger partial charge in [-0.2, -0.15) is 0 Å². The first-order chi connectivity index (χ1) is 9.38. The third kappa shape index (κ3) is 2.74. The number of benzene rings is 1. The van der Waals surface area contributed by atoms with Gasteiger partial charge in [0.25, 0.3) is 0 Å². The van der Waals surface area contributed by atoms with Crippen molar-refractivity contribution >= 4 is 26.7 Å². The van der Waals surface area contributed by atoms with E-state index >= 15 is 0 Å². The largest absolute Gasteiger partial charge is 0.344 e. The quantitative estimate of drug-likeness (QED) is 0.928. The van der Waals surface area contributed by atoms with E-state index < -0.39 is 0 Å². The molecule has 102 valence electrons. The Morgan fingerprint density at radius 2 is 2.26 bits per heavy atom. The zero-order chi connectivity index (χ0) is 13.1. The Morgan fingerprint density at radius 1 is 1.37 bits per heavy atom. The van der Waals surface area contributed by atoms with Gasteiger partial charge in [-0.3, -0.25) is 0 Å². The first-order valence-electron chi connectivity index (χ1n) is 7.21. The number of aromatic nitrogens is 1. The lowest BCUT2D eigenvalue weighted by Gasteiger charge is -2.35. The van der Waals surface area contributed by atoms with Gasteiger partial charge in [0.2, 0.25) is 0 Å². The second-order valence-electron chi connectivity index (χ2n) is 5.11. The van der Waals surface area contributed by atoms with Gasteiger partial charge in [-0.25, -0.2) is 4.98 Å². The molecule has 1 N–H and O–H groups in total. The zero-order valence-corrected chi connectivity index (χ0v) is 12.2. The summed E-state index contributed by atoms with van der Waals surface area (Å²) in [6.07, 6.45) is 3.92. The maximum absolute atomic E-state index is 4.81. The van der Waals surface area contributed by atoms with Crippen LogP contribution in [-0.4, -0.2) is 30.7 Å². The van der Waals surface area contributed by atoms with Crippen LogP contribution in [0.2, 0.25) is 0 Å². The Kier molecular flexibility index (Phi) is 3.99. The van der Waals surface area contributed by atoms with E-state index in [9.17, 15) is 0 Å². The number of para-hydroxylation sites is 1. The molecule has 4 heteroatoms. The highest BCUT2D eigenvalue weighted by atomic mass is 32.1.